The maximum Gasteiger partial charge on any atom is 0.275 e. The summed E-state index contributed by atoms with van der Waals surface area (Å²) in [5, 5.41) is 32.0. The Morgan fingerprint density at radius 3 is 2.57 bits per heavy atom. The number of aromatic hydroxyl groups is 1. The number of aliphatic hydroxyl groups excluding tert-OH is 1. The van der Waals surface area contributed by atoms with Crippen molar-refractivity contribution in [1.29, 1.82) is 5.26 Å². The first-order valence-electron chi connectivity index (χ1n) is 8.23. The number of halogens is 1. The number of benzene rings is 2. The van der Waals surface area contributed by atoms with Crippen molar-refractivity contribution in [2.24, 2.45) is 5.84 Å². The quantitative estimate of drug-likeness (QED) is 0.340. The van der Waals surface area contributed by atoms with Gasteiger partial charge in [0.05, 0.1) is 16.7 Å². The number of imide groups is 1. The number of carbonyl (C=O) groups excluding carboxylic acids is 2. The largest absolute Gasteiger partial charge is 0.508 e. The highest BCUT2D eigenvalue weighted by Crippen LogP contribution is 2.28. The first kappa shape index (κ1) is 21.2. The van der Waals surface area contributed by atoms with Crippen LogP contribution < -0.4 is 11.2 Å². The molecule has 28 heavy (non-hydrogen) atoms. The summed E-state index contributed by atoms with van der Waals surface area (Å²) in [6.07, 6.45) is -1.20. The van der Waals surface area contributed by atoms with Crippen LogP contribution in [0.2, 0.25) is 5.02 Å². The molecule has 2 amide bonds. The molecular formula is C19H19ClN4O4. The molecule has 0 saturated carbocycles. The van der Waals surface area contributed by atoms with Crippen LogP contribution in [0.5, 0.6) is 5.75 Å². The molecule has 0 radical (unpaired) electrons. The van der Waals surface area contributed by atoms with Crippen molar-refractivity contribution in [1.82, 2.24) is 5.01 Å². The summed E-state index contributed by atoms with van der Waals surface area (Å²) in [6, 6.07) is 9.08. The van der Waals surface area contributed by atoms with Gasteiger partial charge in [-0.25, -0.2) is 10.9 Å². The lowest BCUT2D eigenvalue weighted by Crippen LogP contribution is -2.53. The van der Waals surface area contributed by atoms with Gasteiger partial charge in [0.1, 0.15) is 17.9 Å². The third-order valence-corrected chi connectivity index (χ3v) is 4.60. The molecule has 0 bridgehead atoms. The molecule has 2 atom stereocenters. The average molecular weight is 403 g/mol. The van der Waals surface area contributed by atoms with Crippen LogP contribution >= 0.6 is 11.6 Å². The Morgan fingerprint density at radius 1 is 1.32 bits per heavy atom. The number of nitrogens with one attached hydrogen (secondary N) is 1. The fourth-order valence-electron chi connectivity index (χ4n) is 2.51. The smallest absolute Gasteiger partial charge is 0.275 e. The molecule has 0 aromatic heterocycles. The molecule has 0 spiro atoms. The van der Waals surface area contributed by atoms with Gasteiger partial charge in [0.25, 0.3) is 11.8 Å². The maximum atomic E-state index is 12.7. The molecule has 146 valence electrons. The Morgan fingerprint density at radius 2 is 2.00 bits per heavy atom. The number of hydrogen-bond acceptors (Lipinski definition) is 7. The zero-order valence-corrected chi connectivity index (χ0v) is 15.9. The number of phenolic OH excluding ortho intramolecular Hbond substituents is 1. The molecule has 2 aromatic carbocycles. The Bertz CT molecular complexity index is 955. The third kappa shape index (κ3) is 4.40. The second kappa shape index (κ2) is 8.71. The van der Waals surface area contributed by atoms with Gasteiger partial charge in [-0.3, -0.25) is 9.59 Å². The van der Waals surface area contributed by atoms with Crippen LogP contribution in [-0.2, 0) is 4.79 Å². The molecule has 0 aliphatic carbocycles. The lowest BCUT2D eigenvalue weighted by Gasteiger charge is -2.26. The van der Waals surface area contributed by atoms with Crippen molar-refractivity contribution >= 4 is 29.1 Å². The van der Waals surface area contributed by atoms with E-state index in [-0.39, 0.29) is 21.9 Å². The van der Waals surface area contributed by atoms with Gasteiger partial charge in [-0.2, -0.15) is 5.26 Å². The monoisotopic (exact) mass is 402 g/mol. The minimum absolute atomic E-state index is 0.0118. The summed E-state index contributed by atoms with van der Waals surface area (Å²) in [7, 11) is 0. The van der Waals surface area contributed by atoms with E-state index >= 15 is 0 Å². The van der Waals surface area contributed by atoms with E-state index in [0.29, 0.717) is 16.3 Å². The number of nitrogens with two attached hydrogens (primary N) is 1. The highest BCUT2D eigenvalue weighted by molar-refractivity contribution is 6.32. The van der Waals surface area contributed by atoms with Gasteiger partial charge in [0.2, 0.25) is 0 Å². The molecule has 0 fully saturated rings. The van der Waals surface area contributed by atoms with Crippen LogP contribution in [-0.4, -0.2) is 39.2 Å². The Hall–Kier alpha value is -3.12. The summed E-state index contributed by atoms with van der Waals surface area (Å²) in [6.45, 7) is 3.01. The number of hydrogen-bond donors (Lipinski definition) is 4. The lowest BCUT2D eigenvalue weighted by molar-refractivity contribution is -0.131. The highest BCUT2D eigenvalue weighted by Gasteiger charge is 2.31. The molecule has 8 nitrogen and oxygen atoms in total. The number of rotatable bonds is 5. The number of phenols is 1. The summed E-state index contributed by atoms with van der Waals surface area (Å²) in [4.78, 5) is 25.1. The minimum Gasteiger partial charge on any atom is -0.508 e. The first-order chi connectivity index (χ1) is 13.2. The van der Waals surface area contributed by atoms with Crippen molar-refractivity contribution < 1.29 is 19.8 Å². The van der Waals surface area contributed by atoms with Crippen molar-refractivity contribution in [2.45, 2.75) is 26.0 Å². The van der Waals surface area contributed by atoms with Gasteiger partial charge in [0.15, 0.2) is 0 Å². The number of hydrazine groups is 1. The van der Waals surface area contributed by atoms with Gasteiger partial charge in [-0.15, -0.1) is 0 Å². The molecule has 2 aromatic rings. The zero-order valence-electron chi connectivity index (χ0n) is 15.2. The molecule has 2 rings (SSSR count). The Kier molecular flexibility index (Phi) is 6.59. The van der Waals surface area contributed by atoms with Crippen LogP contribution in [0.25, 0.3) is 0 Å². The summed E-state index contributed by atoms with van der Waals surface area (Å²) in [5.41, 5.74) is 1.19. The fraction of sp³-hybridized carbons (Fsp3) is 0.211. The predicted octanol–water partition coefficient (Wildman–Crippen LogP) is 1.93. The van der Waals surface area contributed by atoms with Gasteiger partial charge in [0, 0.05) is 11.3 Å². The number of carbonyl (C=O) groups is 2. The molecular weight excluding hydrogens is 384 g/mol. The van der Waals surface area contributed by atoms with E-state index in [1.807, 2.05) is 6.07 Å². The molecule has 0 aliphatic rings. The Balaban J connectivity index is 2.29. The molecule has 0 aliphatic heterocycles. The first-order valence-corrected chi connectivity index (χ1v) is 8.61. The van der Waals surface area contributed by atoms with Crippen molar-refractivity contribution in [3.8, 4) is 11.8 Å². The standard InChI is InChI=1S/C19H19ClN4O4/c1-10-15(7-6-13(9-21)16(10)20)23-17(11(2)25)19(28)24(22)18(27)12-4-3-5-14(26)8-12/h3-8,11,17,23,25-26H,22H2,1-2H3. The predicted molar refractivity (Wildman–Crippen MR) is 103 cm³/mol. The van der Waals surface area contributed by atoms with Crippen LogP contribution in [0.3, 0.4) is 0 Å². The van der Waals surface area contributed by atoms with Gasteiger partial charge in [-0.05, 0) is 49.7 Å². The molecule has 9 heteroatoms. The topological polar surface area (TPSA) is 140 Å². The average Bonchev–Trinajstić information content (AvgIpc) is 2.67. The van der Waals surface area contributed by atoms with E-state index in [4.69, 9.17) is 22.7 Å². The molecule has 0 saturated heterocycles. The second-order valence-electron chi connectivity index (χ2n) is 6.14. The van der Waals surface area contributed by atoms with Crippen LogP contribution in [0.15, 0.2) is 36.4 Å². The zero-order chi connectivity index (χ0) is 21.0. The number of aliphatic hydroxyl groups is 1. The van der Waals surface area contributed by atoms with E-state index < -0.39 is 24.0 Å². The van der Waals surface area contributed by atoms with E-state index in [2.05, 4.69) is 5.32 Å². The SMILES string of the molecule is Cc1c(NC(C(=O)N(N)C(=O)c2cccc(O)c2)C(C)O)ccc(C#N)c1Cl. The summed E-state index contributed by atoms with van der Waals surface area (Å²) < 4.78 is 0. The maximum absolute atomic E-state index is 12.7. The van der Waals surface area contributed by atoms with Crippen LogP contribution in [0.1, 0.15) is 28.4 Å². The fourth-order valence-corrected chi connectivity index (χ4v) is 2.72. The third-order valence-electron chi connectivity index (χ3n) is 4.12. The molecule has 0 heterocycles. The highest BCUT2D eigenvalue weighted by atomic mass is 35.5. The van der Waals surface area contributed by atoms with E-state index in [1.54, 1.807) is 13.0 Å². The van der Waals surface area contributed by atoms with E-state index in [9.17, 15) is 19.8 Å². The lowest BCUT2D eigenvalue weighted by atomic mass is 10.1. The Labute approximate surface area is 166 Å². The number of amides is 2. The summed E-state index contributed by atoms with van der Waals surface area (Å²) >= 11 is 6.13. The molecule has 5 N–H and O–H groups in total. The van der Waals surface area contributed by atoms with Crippen molar-refractivity contribution in [3.63, 3.8) is 0 Å². The second-order valence-corrected chi connectivity index (χ2v) is 6.52. The minimum atomic E-state index is -1.26. The summed E-state index contributed by atoms with van der Waals surface area (Å²) in [5.74, 6) is 3.80. The number of nitriles is 1. The van der Waals surface area contributed by atoms with Crippen LogP contribution in [0.4, 0.5) is 5.69 Å². The normalized spacial score (nSPS) is 12.6. The van der Waals surface area contributed by atoms with Crippen molar-refractivity contribution in [3.05, 3.63) is 58.1 Å². The van der Waals surface area contributed by atoms with Crippen LogP contribution in [0, 0.1) is 18.3 Å². The number of anilines is 1. The van der Waals surface area contributed by atoms with Gasteiger partial charge >= 0.3 is 0 Å². The molecule has 2 unspecified atom stereocenters. The van der Waals surface area contributed by atoms with E-state index in [0.717, 1.165) is 0 Å². The van der Waals surface area contributed by atoms with E-state index in [1.165, 1.54) is 37.3 Å². The van der Waals surface area contributed by atoms with Crippen molar-refractivity contribution in [2.75, 3.05) is 5.32 Å². The van der Waals surface area contributed by atoms with Gasteiger partial charge in [-0.1, -0.05) is 17.7 Å². The number of nitrogens with zero attached hydrogens (tertiary/aromatic N) is 2. The van der Waals surface area contributed by atoms with Gasteiger partial charge < -0.3 is 15.5 Å².